The van der Waals surface area contributed by atoms with E-state index in [9.17, 15) is 13.2 Å². The van der Waals surface area contributed by atoms with Gasteiger partial charge in [0.25, 0.3) is 15.9 Å². The number of nitrogens with one attached hydrogen (secondary N) is 3. The Bertz CT molecular complexity index is 1210. The van der Waals surface area contributed by atoms with Crippen LogP contribution in [0, 0.1) is 0 Å². The van der Waals surface area contributed by atoms with Crippen molar-refractivity contribution < 1.29 is 17.9 Å². The van der Waals surface area contributed by atoms with E-state index in [1.165, 1.54) is 12.1 Å². The molecule has 0 saturated heterocycles. The van der Waals surface area contributed by atoms with Gasteiger partial charge in [0.15, 0.2) is 5.11 Å². The number of hydrogen-bond donors (Lipinski definition) is 3. The molecule has 3 aromatic carbocycles. The summed E-state index contributed by atoms with van der Waals surface area (Å²) in [5.74, 6) is 0.106. The number of benzene rings is 3. The van der Waals surface area contributed by atoms with Gasteiger partial charge in [-0.3, -0.25) is 14.8 Å². The highest BCUT2D eigenvalue weighted by Gasteiger charge is 2.16. The average Bonchev–Trinajstić information content (AvgIpc) is 2.83. The first-order valence-electron chi connectivity index (χ1n) is 10.9. The summed E-state index contributed by atoms with van der Waals surface area (Å²) in [5, 5.41) is 5.62. The van der Waals surface area contributed by atoms with E-state index in [2.05, 4.69) is 22.3 Å². The van der Waals surface area contributed by atoms with Crippen LogP contribution in [0.15, 0.2) is 83.8 Å². The topological polar surface area (TPSA) is 96.5 Å². The zero-order chi connectivity index (χ0) is 24.4. The third kappa shape index (κ3) is 7.29. The summed E-state index contributed by atoms with van der Waals surface area (Å²) in [4.78, 5) is 12.8. The molecule has 0 unspecified atom stereocenters. The van der Waals surface area contributed by atoms with Gasteiger partial charge in [0.1, 0.15) is 5.75 Å². The lowest BCUT2D eigenvalue weighted by atomic mass is 10.2. The van der Waals surface area contributed by atoms with E-state index in [4.69, 9.17) is 17.0 Å². The number of carbonyl (C=O) groups excluding carboxylic acids is 1. The largest absolute Gasteiger partial charge is 0.493 e. The third-order valence-electron chi connectivity index (χ3n) is 4.81. The zero-order valence-electron chi connectivity index (χ0n) is 18.8. The smallest absolute Gasteiger partial charge is 0.261 e. The van der Waals surface area contributed by atoms with Crippen LogP contribution in [0.25, 0.3) is 0 Å². The summed E-state index contributed by atoms with van der Waals surface area (Å²) in [7, 11) is -3.72. The molecule has 0 heterocycles. The molecule has 7 nitrogen and oxygen atoms in total. The van der Waals surface area contributed by atoms with E-state index < -0.39 is 15.9 Å². The standard InChI is InChI=1S/C25H27N3O4S2/c1-2-3-9-18-32-23-13-8-7-12-22(23)24(29)27-25(33)26-19-14-16-21(17-15-19)34(30,31)28-20-10-5-4-6-11-20/h4-8,10-17,28H,2-3,9,18H2,1H3,(H2,26,27,29,33). The maximum Gasteiger partial charge on any atom is 0.261 e. The number of para-hydroxylation sites is 2. The minimum Gasteiger partial charge on any atom is -0.493 e. The number of thiocarbonyl (C=S) groups is 1. The van der Waals surface area contributed by atoms with Gasteiger partial charge in [0, 0.05) is 11.4 Å². The molecule has 34 heavy (non-hydrogen) atoms. The summed E-state index contributed by atoms with van der Waals surface area (Å²) < 4.78 is 33.4. The molecule has 0 spiro atoms. The lowest BCUT2D eigenvalue weighted by molar-refractivity contribution is 0.0973. The van der Waals surface area contributed by atoms with Gasteiger partial charge in [-0.2, -0.15) is 0 Å². The molecular formula is C25H27N3O4S2. The van der Waals surface area contributed by atoms with Gasteiger partial charge in [-0.1, -0.05) is 50.1 Å². The Labute approximate surface area is 205 Å². The summed E-state index contributed by atoms with van der Waals surface area (Å²) >= 11 is 5.26. The molecule has 0 aliphatic carbocycles. The molecule has 0 aliphatic rings. The van der Waals surface area contributed by atoms with Crippen molar-refractivity contribution in [2.75, 3.05) is 16.6 Å². The second kappa shape index (κ2) is 12.2. The van der Waals surface area contributed by atoms with E-state index in [0.717, 1.165) is 19.3 Å². The predicted octanol–water partition coefficient (Wildman–Crippen LogP) is 5.18. The van der Waals surface area contributed by atoms with Crippen molar-refractivity contribution in [3.63, 3.8) is 0 Å². The van der Waals surface area contributed by atoms with Crippen LogP contribution < -0.4 is 20.1 Å². The van der Waals surface area contributed by atoms with Gasteiger partial charge in [-0.15, -0.1) is 0 Å². The van der Waals surface area contributed by atoms with E-state index >= 15 is 0 Å². The van der Waals surface area contributed by atoms with Gasteiger partial charge in [0.05, 0.1) is 17.1 Å². The molecule has 0 saturated carbocycles. The van der Waals surface area contributed by atoms with Crippen molar-refractivity contribution in [3.05, 3.63) is 84.4 Å². The number of hydrogen-bond acceptors (Lipinski definition) is 5. The molecular weight excluding hydrogens is 470 g/mol. The van der Waals surface area contributed by atoms with Crippen LogP contribution in [0.2, 0.25) is 0 Å². The first kappa shape index (κ1) is 25.2. The van der Waals surface area contributed by atoms with E-state index in [0.29, 0.717) is 29.3 Å². The molecule has 0 aromatic heterocycles. The minimum atomic E-state index is -3.72. The van der Waals surface area contributed by atoms with Crippen LogP contribution in [0.4, 0.5) is 11.4 Å². The molecule has 0 aliphatic heterocycles. The Morgan fingerprint density at radius 1 is 0.882 bits per heavy atom. The average molecular weight is 498 g/mol. The molecule has 3 N–H and O–H groups in total. The van der Waals surface area contributed by atoms with Crippen molar-refractivity contribution in [2.45, 2.75) is 31.1 Å². The number of carbonyl (C=O) groups is 1. The molecule has 3 rings (SSSR count). The first-order valence-corrected chi connectivity index (χ1v) is 12.8. The fourth-order valence-electron chi connectivity index (χ4n) is 3.08. The highest BCUT2D eigenvalue weighted by Crippen LogP contribution is 2.20. The summed E-state index contributed by atoms with van der Waals surface area (Å²) in [5.41, 5.74) is 1.40. The van der Waals surface area contributed by atoms with E-state index in [1.54, 1.807) is 60.7 Å². The fourth-order valence-corrected chi connectivity index (χ4v) is 4.35. The Kier molecular flexibility index (Phi) is 9.00. The monoisotopic (exact) mass is 497 g/mol. The Morgan fingerprint density at radius 3 is 2.26 bits per heavy atom. The highest BCUT2D eigenvalue weighted by molar-refractivity contribution is 7.92. The van der Waals surface area contributed by atoms with Crippen LogP contribution in [-0.4, -0.2) is 26.0 Å². The molecule has 3 aromatic rings. The maximum absolute atomic E-state index is 12.7. The molecule has 0 bridgehead atoms. The molecule has 0 radical (unpaired) electrons. The van der Waals surface area contributed by atoms with Gasteiger partial charge in [-0.25, -0.2) is 8.42 Å². The number of rotatable bonds is 10. The second-order valence-corrected chi connectivity index (χ2v) is 9.55. The second-order valence-electron chi connectivity index (χ2n) is 7.46. The molecule has 0 atom stereocenters. The normalized spacial score (nSPS) is 10.9. The zero-order valence-corrected chi connectivity index (χ0v) is 20.4. The molecule has 9 heteroatoms. The third-order valence-corrected chi connectivity index (χ3v) is 6.41. The number of unbranched alkanes of at least 4 members (excludes halogenated alkanes) is 2. The first-order chi connectivity index (χ1) is 16.4. The van der Waals surface area contributed by atoms with Crippen molar-refractivity contribution in [2.24, 2.45) is 0 Å². The van der Waals surface area contributed by atoms with Gasteiger partial charge >= 0.3 is 0 Å². The fraction of sp³-hybridized carbons (Fsp3) is 0.200. The van der Waals surface area contributed by atoms with Crippen LogP contribution in [0.1, 0.15) is 36.5 Å². The molecule has 1 amide bonds. The lowest BCUT2D eigenvalue weighted by Gasteiger charge is -2.13. The van der Waals surface area contributed by atoms with Gasteiger partial charge < -0.3 is 10.1 Å². The van der Waals surface area contributed by atoms with Crippen molar-refractivity contribution in [3.8, 4) is 5.75 Å². The Hall–Kier alpha value is -3.43. The molecule has 0 fully saturated rings. The SMILES string of the molecule is CCCCCOc1ccccc1C(=O)NC(=S)Nc1ccc(S(=O)(=O)Nc2ccccc2)cc1. The maximum atomic E-state index is 12.7. The quantitative estimate of drug-likeness (QED) is 0.264. The minimum absolute atomic E-state index is 0.0869. The molecule has 178 valence electrons. The number of ether oxygens (including phenoxy) is 1. The van der Waals surface area contributed by atoms with Gasteiger partial charge in [0.2, 0.25) is 0 Å². The van der Waals surface area contributed by atoms with Crippen molar-refractivity contribution in [1.82, 2.24) is 5.32 Å². The summed E-state index contributed by atoms with van der Waals surface area (Å²) in [6.45, 7) is 2.65. The van der Waals surface area contributed by atoms with Crippen LogP contribution in [0.3, 0.4) is 0 Å². The van der Waals surface area contributed by atoms with Crippen molar-refractivity contribution in [1.29, 1.82) is 0 Å². The van der Waals surface area contributed by atoms with E-state index in [-0.39, 0.29) is 10.0 Å². The van der Waals surface area contributed by atoms with Crippen LogP contribution >= 0.6 is 12.2 Å². The highest BCUT2D eigenvalue weighted by atomic mass is 32.2. The summed E-state index contributed by atoms with van der Waals surface area (Å²) in [6.07, 6.45) is 3.06. The van der Waals surface area contributed by atoms with Crippen molar-refractivity contribution >= 4 is 44.6 Å². The van der Waals surface area contributed by atoms with E-state index in [1.807, 2.05) is 6.07 Å². The Morgan fingerprint density at radius 2 is 1.56 bits per heavy atom. The lowest BCUT2D eigenvalue weighted by Crippen LogP contribution is -2.34. The van der Waals surface area contributed by atoms with Crippen LogP contribution in [0.5, 0.6) is 5.75 Å². The summed E-state index contributed by atoms with van der Waals surface area (Å²) in [6, 6.07) is 21.7. The number of anilines is 2. The number of amides is 1. The van der Waals surface area contributed by atoms with Crippen LogP contribution in [-0.2, 0) is 10.0 Å². The predicted molar refractivity (Wildman–Crippen MR) is 139 cm³/mol. The van der Waals surface area contributed by atoms with Gasteiger partial charge in [-0.05, 0) is 67.2 Å². The number of sulfonamides is 1. The Balaban J connectivity index is 1.59.